The standard InChI is InChI=1S/C21H29N5O2/c1-3-22-21(25-14-10-18(11-15-25)20(27)28-4-2)23-16-17-6-8-19(9-7-17)26-13-5-12-24-26/h5-9,12-13,18H,3-4,10-11,14-16H2,1-2H3,(H,22,23). The number of hydrogen-bond donors (Lipinski definition) is 1. The van der Waals surface area contributed by atoms with E-state index in [1.54, 1.807) is 6.20 Å². The van der Waals surface area contributed by atoms with Crippen LogP contribution in [-0.4, -0.2) is 52.9 Å². The number of likely N-dealkylation sites (tertiary alicyclic amines) is 1. The first-order valence-electron chi connectivity index (χ1n) is 10.00. The molecule has 3 rings (SSSR count). The van der Waals surface area contributed by atoms with Gasteiger partial charge < -0.3 is 15.0 Å². The lowest BCUT2D eigenvalue weighted by molar-refractivity contribution is -0.149. The van der Waals surface area contributed by atoms with Crippen molar-refractivity contribution >= 4 is 11.9 Å². The number of hydrogen-bond acceptors (Lipinski definition) is 4. The van der Waals surface area contributed by atoms with E-state index < -0.39 is 0 Å². The predicted octanol–water partition coefficient (Wildman–Crippen LogP) is 2.61. The van der Waals surface area contributed by atoms with Crippen LogP contribution in [0.4, 0.5) is 0 Å². The molecule has 0 amide bonds. The molecular weight excluding hydrogens is 354 g/mol. The zero-order chi connectivity index (χ0) is 19.8. The SMILES string of the molecule is CCNC(=NCc1ccc(-n2cccn2)cc1)N1CCC(C(=O)OCC)CC1. The summed E-state index contributed by atoms with van der Waals surface area (Å²) in [6.45, 7) is 7.42. The van der Waals surface area contributed by atoms with Gasteiger partial charge in [-0.25, -0.2) is 9.67 Å². The van der Waals surface area contributed by atoms with Crippen LogP contribution in [0.3, 0.4) is 0 Å². The normalized spacial score (nSPS) is 15.5. The van der Waals surface area contributed by atoms with Crippen LogP contribution >= 0.6 is 0 Å². The largest absolute Gasteiger partial charge is 0.466 e. The highest BCUT2D eigenvalue weighted by Gasteiger charge is 2.27. The number of benzene rings is 1. The lowest BCUT2D eigenvalue weighted by Gasteiger charge is -2.33. The zero-order valence-corrected chi connectivity index (χ0v) is 16.7. The van der Waals surface area contributed by atoms with Gasteiger partial charge in [-0.05, 0) is 50.5 Å². The number of ether oxygens (including phenoxy) is 1. The molecular formula is C21H29N5O2. The minimum absolute atomic E-state index is 0.00826. The third-order valence-corrected chi connectivity index (χ3v) is 4.87. The van der Waals surface area contributed by atoms with E-state index in [9.17, 15) is 4.79 Å². The summed E-state index contributed by atoms with van der Waals surface area (Å²) in [5.41, 5.74) is 2.18. The summed E-state index contributed by atoms with van der Waals surface area (Å²) in [5.74, 6) is 0.844. The van der Waals surface area contributed by atoms with E-state index in [0.717, 1.165) is 49.7 Å². The van der Waals surface area contributed by atoms with Gasteiger partial charge in [0.05, 0.1) is 24.8 Å². The van der Waals surface area contributed by atoms with Crippen LogP contribution in [0.5, 0.6) is 0 Å². The maximum absolute atomic E-state index is 11.9. The molecule has 0 aliphatic carbocycles. The Labute approximate surface area is 166 Å². The quantitative estimate of drug-likeness (QED) is 0.472. The minimum Gasteiger partial charge on any atom is -0.466 e. The second-order valence-electron chi connectivity index (χ2n) is 6.80. The Bertz CT molecular complexity index is 763. The number of aromatic nitrogens is 2. The second kappa shape index (κ2) is 9.92. The molecule has 1 aliphatic rings. The molecule has 150 valence electrons. The van der Waals surface area contributed by atoms with Crippen molar-refractivity contribution in [2.24, 2.45) is 10.9 Å². The minimum atomic E-state index is -0.0682. The Morgan fingerprint density at radius 3 is 2.61 bits per heavy atom. The maximum Gasteiger partial charge on any atom is 0.309 e. The van der Waals surface area contributed by atoms with Crippen molar-refractivity contribution in [1.82, 2.24) is 20.0 Å². The molecule has 0 radical (unpaired) electrons. The number of carbonyl (C=O) groups excluding carboxylic acids is 1. The number of carbonyl (C=O) groups is 1. The highest BCUT2D eigenvalue weighted by atomic mass is 16.5. The summed E-state index contributed by atoms with van der Waals surface area (Å²) >= 11 is 0. The van der Waals surface area contributed by atoms with E-state index in [2.05, 4.69) is 46.5 Å². The topological polar surface area (TPSA) is 71.8 Å². The molecule has 0 saturated carbocycles. The van der Waals surface area contributed by atoms with E-state index in [1.807, 2.05) is 23.9 Å². The van der Waals surface area contributed by atoms with Crippen molar-refractivity contribution in [2.45, 2.75) is 33.2 Å². The summed E-state index contributed by atoms with van der Waals surface area (Å²) < 4.78 is 6.99. The molecule has 1 aromatic heterocycles. The van der Waals surface area contributed by atoms with Crippen LogP contribution in [0.1, 0.15) is 32.3 Å². The molecule has 1 aliphatic heterocycles. The summed E-state index contributed by atoms with van der Waals surface area (Å²) in [4.78, 5) is 19.0. The average molecular weight is 383 g/mol. The van der Waals surface area contributed by atoms with Crippen LogP contribution in [0.15, 0.2) is 47.7 Å². The Morgan fingerprint density at radius 2 is 2.00 bits per heavy atom. The highest BCUT2D eigenvalue weighted by Crippen LogP contribution is 2.19. The number of aliphatic imine (C=N–C) groups is 1. The van der Waals surface area contributed by atoms with Crippen LogP contribution in [0, 0.1) is 5.92 Å². The van der Waals surface area contributed by atoms with Crippen molar-refractivity contribution in [2.75, 3.05) is 26.2 Å². The van der Waals surface area contributed by atoms with E-state index >= 15 is 0 Å². The molecule has 0 atom stereocenters. The molecule has 2 aromatic rings. The molecule has 0 bridgehead atoms. The lowest BCUT2D eigenvalue weighted by atomic mass is 9.97. The van der Waals surface area contributed by atoms with Gasteiger partial charge in [-0.3, -0.25) is 4.79 Å². The fraction of sp³-hybridized carbons (Fsp3) is 0.476. The van der Waals surface area contributed by atoms with E-state index in [4.69, 9.17) is 9.73 Å². The maximum atomic E-state index is 11.9. The van der Waals surface area contributed by atoms with Gasteiger partial charge in [-0.1, -0.05) is 12.1 Å². The smallest absolute Gasteiger partial charge is 0.309 e. The van der Waals surface area contributed by atoms with Gasteiger partial charge in [0.2, 0.25) is 0 Å². The number of guanidine groups is 1. The Balaban J connectivity index is 1.59. The molecule has 1 aromatic carbocycles. The van der Waals surface area contributed by atoms with Gasteiger partial charge in [0.1, 0.15) is 0 Å². The summed E-state index contributed by atoms with van der Waals surface area (Å²) in [6.07, 6.45) is 5.31. The number of nitrogens with one attached hydrogen (secondary N) is 1. The summed E-state index contributed by atoms with van der Waals surface area (Å²) in [7, 11) is 0. The van der Waals surface area contributed by atoms with Crippen LogP contribution in [-0.2, 0) is 16.1 Å². The molecule has 1 fully saturated rings. The van der Waals surface area contributed by atoms with Crippen LogP contribution in [0.2, 0.25) is 0 Å². The number of nitrogens with zero attached hydrogens (tertiary/aromatic N) is 4. The first-order chi connectivity index (χ1) is 13.7. The van der Waals surface area contributed by atoms with Gasteiger partial charge in [0.25, 0.3) is 0 Å². The molecule has 7 nitrogen and oxygen atoms in total. The third kappa shape index (κ3) is 5.12. The van der Waals surface area contributed by atoms with E-state index in [-0.39, 0.29) is 11.9 Å². The fourth-order valence-corrected chi connectivity index (χ4v) is 3.35. The Morgan fingerprint density at radius 1 is 1.25 bits per heavy atom. The molecule has 0 unspecified atom stereocenters. The lowest BCUT2D eigenvalue weighted by Crippen LogP contribution is -2.46. The van der Waals surface area contributed by atoms with Crippen molar-refractivity contribution < 1.29 is 9.53 Å². The van der Waals surface area contributed by atoms with Crippen LogP contribution in [0.25, 0.3) is 5.69 Å². The number of piperidine rings is 1. The Hall–Kier alpha value is -2.83. The average Bonchev–Trinajstić information content (AvgIpc) is 3.27. The number of rotatable bonds is 6. The van der Waals surface area contributed by atoms with Gasteiger partial charge in [-0.15, -0.1) is 0 Å². The summed E-state index contributed by atoms with van der Waals surface area (Å²) in [5, 5.41) is 7.62. The molecule has 7 heteroatoms. The first kappa shape index (κ1) is 19.9. The third-order valence-electron chi connectivity index (χ3n) is 4.87. The molecule has 0 spiro atoms. The van der Waals surface area contributed by atoms with Crippen LogP contribution < -0.4 is 5.32 Å². The zero-order valence-electron chi connectivity index (χ0n) is 16.7. The molecule has 28 heavy (non-hydrogen) atoms. The van der Waals surface area contributed by atoms with Crippen molar-refractivity contribution in [3.05, 3.63) is 48.3 Å². The van der Waals surface area contributed by atoms with E-state index in [0.29, 0.717) is 13.2 Å². The van der Waals surface area contributed by atoms with Crippen molar-refractivity contribution in [1.29, 1.82) is 0 Å². The van der Waals surface area contributed by atoms with Crippen molar-refractivity contribution in [3.8, 4) is 5.69 Å². The second-order valence-corrected chi connectivity index (χ2v) is 6.80. The first-order valence-corrected chi connectivity index (χ1v) is 10.00. The van der Waals surface area contributed by atoms with Gasteiger partial charge in [0, 0.05) is 32.0 Å². The molecule has 2 heterocycles. The van der Waals surface area contributed by atoms with Gasteiger partial charge in [-0.2, -0.15) is 5.10 Å². The Kier molecular flexibility index (Phi) is 7.06. The highest BCUT2D eigenvalue weighted by molar-refractivity contribution is 5.80. The molecule has 1 N–H and O–H groups in total. The van der Waals surface area contributed by atoms with E-state index in [1.165, 1.54) is 0 Å². The van der Waals surface area contributed by atoms with Crippen molar-refractivity contribution in [3.63, 3.8) is 0 Å². The molecule has 1 saturated heterocycles. The monoisotopic (exact) mass is 383 g/mol. The van der Waals surface area contributed by atoms with Gasteiger partial charge >= 0.3 is 5.97 Å². The fourth-order valence-electron chi connectivity index (χ4n) is 3.35. The number of esters is 1. The summed E-state index contributed by atoms with van der Waals surface area (Å²) in [6, 6.07) is 10.2. The van der Waals surface area contributed by atoms with Gasteiger partial charge in [0.15, 0.2) is 5.96 Å². The predicted molar refractivity (Wildman–Crippen MR) is 109 cm³/mol.